The molecule has 6 nitrogen and oxygen atoms in total. The van der Waals surface area contributed by atoms with Gasteiger partial charge in [0, 0.05) is 12.1 Å². The number of carbonyl (C=O) groups is 2. The molecule has 1 saturated carbocycles. The molecule has 2 N–H and O–H groups in total. The van der Waals surface area contributed by atoms with Gasteiger partial charge in [0.25, 0.3) is 0 Å². The van der Waals surface area contributed by atoms with Gasteiger partial charge in [0.2, 0.25) is 0 Å². The number of carboxylic acid groups (broad SMARTS) is 1. The van der Waals surface area contributed by atoms with Gasteiger partial charge in [-0.15, -0.1) is 0 Å². The van der Waals surface area contributed by atoms with Gasteiger partial charge < -0.3 is 20.1 Å². The van der Waals surface area contributed by atoms with E-state index >= 15 is 0 Å². The van der Waals surface area contributed by atoms with Crippen LogP contribution in [0.15, 0.2) is 0 Å². The zero-order valence-corrected chi connectivity index (χ0v) is 10.6. The van der Waals surface area contributed by atoms with E-state index in [-0.39, 0.29) is 24.7 Å². The molecule has 0 aromatic carbocycles. The van der Waals surface area contributed by atoms with Crippen LogP contribution >= 0.6 is 0 Å². The lowest BCUT2D eigenvalue weighted by Gasteiger charge is -2.34. The molecule has 0 spiro atoms. The molecule has 1 atom stereocenters. The molecule has 0 radical (unpaired) electrons. The summed E-state index contributed by atoms with van der Waals surface area (Å²) in [5.74, 6) is -1.01. The van der Waals surface area contributed by atoms with Crippen molar-refractivity contribution in [2.45, 2.75) is 44.2 Å². The van der Waals surface area contributed by atoms with Crippen LogP contribution in [-0.4, -0.2) is 53.3 Å². The summed E-state index contributed by atoms with van der Waals surface area (Å²) in [5, 5.41) is 11.9. The Morgan fingerprint density at radius 2 is 2.06 bits per heavy atom. The van der Waals surface area contributed by atoms with Crippen molar-refractivity contribution in [1.82, 2.24) is 10.2 Å². The van der Waals surface area contributed by atoms with Crippen LogP contribution in [0.2, 0.25) is 0 Å². The molecule has 1 aliphatic carbocycles. The molecule has 18 heavy (non-hydrogen) atoms. The fourth-order valence-electron chi connectivity index (χ4n) is 2.60. The fraction of sp³-hybridized carbons (Fsp3) is 0.833. The summed E-state index contributed by atoms with van der Waals surface area (Å²) < 4.78 is 5.09. The van der Waals surface area contributed by atoms with Crippen molar-refractivity contribution in [2.75, 3.05) is 19.7 Å². The van der Waals surface area contributed by atoms with Crippen LogP contribution in [0.5, 0.6) is 0 Å². The predicted molar refractivity (Wildman–Crippen MR) is 64.4 cm³/mol. The van der Waals surface area contributed by atoms with Crippen LogP contribution in [0, 0.1) is 0 Å². The van der Waals surface area contributed by atoms with Crippen molar-refractivity contribution < 1.29 is 19.4 Å². The number of ether oxygens (including phenoxy) is 1. The van der Waals surface area contributed by atoms with Crippen LogP contribution < -0.4 is 5.32 Å². The minimum absolute atomic E-state index is 0.122. The summed E-state index contributed by atoms with van der Waals surface area (Å²) in [6.07, 6.45) is 3.35. The minimum atomic E-state index is -1.01. The van der Waals surface area contributed by atoms with E-state index in [9.17, 15) is 9.59 Å². The molecule has 1 aliphatic heterocycles. The van der Waals surface area contributed by atoms with Crippen LogP contribution in [-0.2, 0) is 9.53 Å². The Bertz CT molecular complexity index is 339. The van der Waals surface area contributed by atoms with E-state index in [1.807, 2.05) is 6.92 Å². The van der Waals surface area contributed by atoms with Crippen molar-refractivity contribution in [2.24, 2.45) is 0 Å². The number of carbonyl (C=O) groups excluding carboxylic acids is 1. The number of rotatable bonds is 2. The zero-order valence-electron chi connectivity index (χ0n) is 10.6. The molecule has 2 rings (SSSR count). The van der Waals surface area contributed by atoms with Gasteiger partial charge in [-0.2, -0.15) is 0 Å². The number of amides is 2. The summed E-state index contributed by atoms with van der Waals surface area (Å²) >= 11 is 0. The van der Waals surface area contributed by atoms with Crippen LogP contribution in [0.4, 0.5) is 4.79 Å². The summed E-state index contributed by atoms with van der Waals surface area (Å²) in [7, 11) is 0. The summed E-state index contributed by atoms with van der Waals surface area (Å²) in [6.45, 7) is 2.90. The third-order valence-electron chi connectivity index (χ3n) is 3.74. The van der Waals surface area contributed by atoms with Gasteiger partial charge in [0.15, 0.2) is 6.10 Å². The smallest absolute Gasteiger partial charge is 0.334 e. The highest BCUT2D eigenvalue weighted by Crippen LogP contribution is 2.29. The van der Waals surface area contributed by atoms with E-state index < -0.39 is 12.1 Å². The maximum absolute atomic E-state index is 12.1. The highest BCUT2D eigenvalue weighted by atomic mass is 16.5. The molecule has 2 fully saturated rings. The summed E-state index contributed by atoms with van der Waals surface area (Å²) in [4.78, 5) is 24.5. The second-order valence-electron chi connectivity index (χ2n) is 5.34. The van der Waals surface area contributed by atoms with E-state index in [0.29, 0.717) is 6.54 Å². The first-order valence-corrected chi connectivity index (χ1v) is 6.42. The lowest BCUT2D eigenvalue weighted by molar-refractivity contribution is -0.154. The number of hydrogen-bond acceptors (Lipinski definition) is 3. The average molecular weight is 256 g/mol. The Morgan fingerprint density at radius 3 is 2.67 bits per heavy atom. The molecular formula is C12H20N2O4. The van der Waals surface area contributed by atoms with Crippen LogP contribution in [0.3, 0.4) is 0 Å². The van der Waals surface area contributed by atoms with Crippen molar-refractivity contribution >= 4 is 12.0 Å². The van der Waals surface area contributed by atoms with Crippen molar-refractivity contribution in [3.05, 3.63) is 0 Å². The normalized spacial score (nSPS) is 26.9. The third-order valence-corrected chi connectivity index (χ3v) is 3.74. The summed E-state index contributed by atoms with van der Waals surface area (Å²) in [5.41, 5.74) is -0.131. The van der Waals surface area contributed by atoms with Gasteiger partial charge in [-0.05, 0) is 19.8 Å². The second-order valence-corrected chi connectivity index (χ2v) is 5.34. The lowest BCUT2D eigenvalue weighted by Crippen LogP contribution is -2.56. The Kier molecular flexibility index (Phi) is 3.75. The number of hydrogen-bond donors (Lipinski definition) is 2. The standard InChI is InChI=1S/C12H20N2O4/c1-12(4-2-3-5-12)13-11(17)14-6-7-18-9(8-14)10(15)16/h9H,2-8H2,1H3,(H,13,17)(H,15,16). The van der Waals surface area contributed by atoms with Crippen molar-refractivity contribution in [1.29, 1.82) is 0 Å². The average Bonchev–Trinajstić information content (AvgIpc) is 2.76. The summed E-state index contributed by atoms with van der Waals surface area (Å²) in [6, 6.07) is -0.172. The van der Waals surface area contributed by atoms with Crippen LogP contribution in [0.25, 0.3) is 0 Å². The highest BCUT2D eigenvalue weighted by Gasteiger charge is 2.34. The van der Waals surface area contributed by atoms with E-state index in [1.165, 1.54) is 4.90 Å². The Morgan fingerprint density at radius 1 is 1.39 bits per heavy atom. The van der Waals surface area contributed by atoms with E-state index in [0.717, 1.165) is 25.7 Å². The third kappa shape index (κ3) is 2.93. The van der Waals surface area contributed by atoms with Crippen molar-refractivity contribution in [3.63, 3.8) is 0 Å². The first-order chi connectivity index (χ1) is 8.50. The van der Waals surface area contributed by atoms with Gasteiger partial charge in [-0.1, -0.05) is 12.8 Å². The number of carboxylic acids is 1. The molecular weight excluding hydrogens is 236 g/mol. The zero-order chi connectivity index (χ0) is 13.2. The Hall–Kier alpha value is -1.30. The maximum atomic E-state index is 12.1. The molecule has 6 heteroatoms. The molecule has 1 saturated heterocycles. The SMILES string of the molecule is CC1(NC(=O)N2CCOC(C(=O)O)C2)CCCC1. The molecule has 0 aromatic heterocycles. The topological polar surface area (TPSA) is 78.9 Å². The van der Waals surface area contributed by atoms with Crippen molar-refractivity contribution in [3.8, 4) is 0 Å². The number of urea groups is 1. The molecule has 2 aliphatic rings. The molecule has 0 aromatic rings. The highest BCUT2D eigenvalue weighted by molar-refractivity contribution is 5.78. The molecule has 2 amide bonds. The minimum Gasteiger partial charge on any atom is -0.479 e. The van der Waals surface area contributed by atoms with Crippen LogP contribution in [0.1, 0.15) is 32.6 Å². The monoisotopic (exact) mass is 256 g/mol. The van der Waals surface area contributed by atoms with E-state index in [2.05, 4.69) is 5.32 Å². The Balaban J connectivity index is 1.90. The van der Waals surface area contributed by atoms with Gasteiger partial charge in [0.05, 0.1) is 13.2 Å². The molecule has 1 unspecified atom stereocenters. The molecule has 0 bridgehead atoms. The molecule has 1 heterocycles. The second kappa shape index (κ2) is 5.14. The van der Waals surface area contributed by atoms with Gasteiger partial charge in [-0.25, -0.2) is 9.59 Å². The number of nitrogens with one attached hydrogen (secondary N) is 1. The van der Waals surface area contributed by atoms with Gasteiger partial charge >= 0.3 is 12.0 Å². The van der Waals surface area contributed by atoms with E-state index in [1.54, 1.807) is 0 Å². The number of nitrogens with zero attached hydrogens (tertiary/aromatic N) is 1. The predicted octanol–water partition coefficient (Wildman–Crippen LogP) is 0.814. The van der Waals surface area contributed by atoms with Gasteiger partial charge in [-0.3, -0.25) is 0 Å². The maximum Gasteiger partial charge on any atom is 0.334 e. The van der Waals surface area contributed by atoms with Gasteiger partial charge in [0.1, 0.15) is 0 Å². The lowest BCUT2D eigenvalue weighted by atomic mass is 10.0. The molecule has 102 valence electrons. The largest absolute Gasteiger partial charge is 0.479 e. The fourth-order valence-corrected chi connectivity index (χ4v) is 2.60. The first-order valence-electron chi connectivity index (χ1n) is 6.42. The van der Waals surface area contributed by atoms with E-state index in [4.69, 9.17) is 9.84 Å². The first kappa shape index (κ1) is 13.1. The number of aliphatic carboxylic acids is 1. The Labute approximate surface area is 106 Å². The quantitative estimate of drug-likeness (QED) is 0.766. The number of morpholine rings is 1.